The van der Waals surface area contributed by atoms with Crippen LogP contribution in [0.3, 0.4) is 0 Å². The lowest BCUT2D eigenvalue weighted by molar-refractivity contribution is 0.416. The fraction of sp³-hybridized carbons (Fsp3) is 0.0526. The zero-order chi connectivity index (χ0) is 14.2. The van der Waals surface area contributed by atoms with Gasteiger partial charge in [-0.15, -0.1) is 0 Å². The molecule has 0 amide bonds. The number of hydrogen-bond acceptors (Lipinski definition) is 1. The number of aromatic nitrogens is 1. The highest BCUT2D eigenvalue weighted by Gasteiger charge is 2.08. The van der Waals surface area contributed by atoms with Gasteiger partial charge in [0, 0.05) is 16.5 Å². The van der Waals surface area contributed by atoms with Gasteiger partial charge in [-0.2, -0.15) is 0 Å². The summed E-state index contributed by atoms with van der Waals surface area (Å²) in [5.74, 6) is 0.883. The average molecular weight is 273 g/mol. The van der Waals surface area contributed by atoms with E-state index in [1.54, 1.807) is 7.11 Å². The van der Waals surface area contributed by atoms with Crippen LogP contribution in [0.2, 0.25) is 0 Å². The molecule has 0 aliphatic carbocycles. The third-order valence-electron chi connectivity index (χ3n) is 3.88. The van der Waals surface area contributed by atoms with Crippen LogP contribution >= 0.6 is 0 Å². The summed E-state index contributed by atoms with van der Waals surface area (Å²) >= 11 is 0. The average Bonchev–Trinajstić information content (AvgIpc) is 2.95. The predicted molar refractivity (Wildman–Crippen MR) is 87.8 cm³/mol. The smallest absolute Gasteiger partial charge is 0.128 e. The van der Waals surface area contributed by atoms with E-state index in [0.29, 0.717) is 0 Å². The summed E-state index contributed by atoms with van der Waals surface area (Å²) in [6.45, 7) is 0. The van der Waals surface area contributed by atoms with Crippen molar-refractivity contribution in [3.63, 3.8) is 0 Å². The van der Waals surface area contributed by atoms with E-state index in [0.717, 1.165) is 22.5 Å². The molecule has 0 bridgehead atoms. The lowest BCUT2D eigenvalue weighted by Gasteiger charge is -2.05. The third-order valence-corrected chi connectivity index (χ3v) is 3.88. The molecule has 0 unspecified atom stereocenters. The maximum absolute atomic E-state index is 5.45. The summed E-state index contributed by atoms with van der Waals surface area (Å²) in [6.07, 6.45) is 0. The molecule has 0 saturated carbocycles. The first-order valence-electron chi connectivity index (χ1n) is 7.00. The fourth-order valence-electron chi connectivity index (χ4n) is 2.83. The molecule has 3 aromatic carbocycles. The Kier molecular flexibility index (Phi) is 2.68. The number of nitrogens with one attached hydrogen (secondary N) is 1. The number of rotatable bonds is 2. The zero-order valence-electron chi connectivity index (χ0n) is 11.8. The number of fused-ring (bicyclic) bond motifs is 2. The van der Waals surface area contributed by atoms with Gasteiger partial charge >= 0.3 is 0 Å². The first-order valence-corrected chi connectivity index (χ1v) is 7.00. The van der Waals surface area contributed by atoms with Crippen LogP contribution in [0, 0.1) is 0 Å². The summed E-state index contributed by atoms with van der Waals surface area (Å²) < 4.78 is 5.45. The van der Waals surface area contributed by atoms with E-state index in [2.05, 4.69) is 53.5 Å². The maximum atomic E-state index is 5.45. The van der Waals surface area contributed by atoms with Gasteiger partial charge in [-0.1, -0.05) is 36.4 Å². The van der Waals surface area contributed by atoms with E-state index in [4.69, 9.17) is 4.74 Å². The molecule has 4 aromatic rings. The summed E-state index contributed by atoms with van der Waals surface area (Å²) in [6, 6.07) is 23.1. The molecule has 0 aliphatic rings. The molecule has 0 fully saturated rings. The summed E-state index contributed by atoms with van der Waals surface area (Å²) in [4.78, 5) is 3.50. The number of aromatic amines is 1. The van der Waals surface area contributed by atoms with E-state index in [-0.39, 0.29) is 0 Å². The van der Waals surface area contributed by atoms with Crippen molar-refractivity contribution < 1.29 is 4.74 Å². The summed E-state index contributed by atoms with van der Waals surface area (Å²) in [5.41, 5.74) is 3.31. The Morgan fingerprint density at radius 2 is 1.48 bits per heavy atom. The van der Waals surface area contributed by atoms with Gasteiger partial charge in [-0.3, -0.25) is 0 Å². The molecule has 2 nitrogen and oxygen atoms in total. The Bertz CT molecular complexity index is 884. The highest BCUT2D eigenvalue weighted by molar-refractivity contribution is 5.99. The Morgan fingerprint density at radius 1 is 0.762 bits per heavy atom. The van der Waals surface area contributed by atoms with Crippen molar-refractivity contribution in [1.29, 1.82) is 0 Å². The molecule has 4 rings (SSSR count). The molecule has 1 N–H and O–H groups in total. The number of H-pyrrole nitrogens is 1. The van der Waals surface area contributed by atoms with Gasteiger partial charge < -0.3 is 9.72 Å². The molecule has 0 saturated heterocycles. The lowest BCUT2D eigenvalue weighted by Crippen LogP contribution is -1.86. The first kappa shape index (κ1) is 12.0. The molecule has 0 atom stereocenters. The van der Waals surface area contributed by atoms with Crippen molar-refractivity contribution in [3.8, 4) is 17.0 Å². The van der Waals surface area contributed by atoms with E-state index in [9.17, 15) is 0 Å². The van der Waals surface area contributed by atoms with Crippen LogP contribution in [0.4, 0.5) is 0 Å². The van der Waals surface area contributed by atoms with Gasteiger partial charge in [0.25, 0.3) is 0 Å². The minimum Gasteiger partial charge on any atom is -0.496 e. The summed E-state index contributed by atoms with van der Waals surface area (Å²) in [5, 5.41) is 3.73. The van der Waals surface area contributed by atoms with Crippen molar-refractivity contribution in [2.45, 2.75) is 0 Å². The second-order valence-corrected chi connectivity index (χ2v) is 5.17. The topological polar surface area (TPSA) is 25.0 Å². The van der Waals surface area contributed by atoms with Gasteiger partial charge in [0.15, 0.2) is 0 Å². The number of ether oxygens (including phenoxy) is 1. The van der Waals surface area contributed by atoms with E-state index in [1.165, 1.54) is 16.2 Å². The minimum atomic E-state index is 0.883. The quantitative estimate of drug-likeness (QED) is 0.546. The molecule has 1 heterocycles. The van der Waals surface area contributed by atoms with Crippen molar-refractivity contribution >= 4 is 21.7 Å². The van der Waals surface area contributed by atoms with Crippen LogP contribution in [0.5, 0.6) is 5.75 Å². The van der Waals surface area contributed by atoms with E-state index in [1.807, 2.05) is 18.2 Å². The SMILES string of the molecule is COc1ccccc1-c1cc2cc3ccccc3cc2[nH]1. The number of hydrogen-bond donors (Lipinski definition) is 1. The highest BCUT2D eigenvalue weighted by Crippen LogP contribution is 2.32. The summed E-state index contributed by atoms with van der Waals surface area (Å²) in [7, 11) is 1.70. The molecular formula is C19H15NO. The largest absolute Gasteiger partial charge is 0.496 e. The Labute approximate surface area is 123 Å². The molecule has 21 heavy (non-hydrogen) atoms. The van der Waals surface area contributed by atoms with Gasteiger partial charge in [-0.05, 0) is 41.1 Å². The van der Waals surface area contributed by atoms with E-state index >= 15 is 0 Å². The molecule has 0 radical (unpaired) electrons. The van der Waals surface area contributed by atoms with Crippen molar-refractivity contribution in [2.24, 2.45) is 0 Å². The molecule has 102 valence electrons. The van der Waals surface area contributed by atoms with Gasteiger partial charge in [0.2, 0.25) is 0 Å². The monoisotopic (exact) mass is 273 g/mol. The Hall–Kier alpha value is -2.74. The first-order chi connectivity index (χ1) is 10.3. The van der Waals surface area contributed by atoms with Crippen LogP contribution < -0.4 is 4.74 Å². The predicted octanol–water partition coefficient (Wildman–Crippen LogP) is 5.00. The maximum Gasteiger partial charge on any atom is 0.128 e. The minimum absolute atomic E-state index is 0.883. The second kappa shape index (κ2) is 4.67. The Morgan fingerprint density at radius 3 is 2.29 bits per heavy atom. The van der Waals surface area contributed by atoms with Gasteiger partial charge in [0.05, 0.1) is 12.8 Å². The van der Waals surface area contributed by atoms with Crippen LogP contribution in [0.25, 0.3) is 32.9 Å². The molecular weight excluding hydrogens is 258 g/mol. The van der Waals surface area contributed by atoms with Gasteiger partial charge in [0.1, 0.15) is 5.75 Å². The fourth-order valence-corrected chi connectivity index (χ4v) is 2.83. The van der Waals surface area contributed by atoms with Crippen molar-refractivity contribution in [3.05, 3.63) is 66.7 Å². The molecule has 0 aliphatic heterocycles. The lowest BCUT2D eigenvalue weighted by atomic mass is 10.1. The van der Waals surface area contributed by atoms with Crippen LogP contribution in [0.15, 0.2) is 66.7 Å². The number of methoxy groups -OCH3 is 1. The standard InChI is InChI=1S/C19H15NO/c1-21-19-9-5-4-8-16(19)18-12-15-10-13-6-2-3-7-14(13)11-17(15)20-18/h2-12,20H,1H3. The van der Waals surface area contributed by atoms with Crippen LogP contribution in [-0.4, -0.2) is 12.1 Å². The van der Waals surface area contributed by atoms with Gasteiger partial charge in [-0.25, -0.2) is 0 Å². The van der Waals surface area contributed by atoms with Crippen molar-refractivity contribution in [2.75, 3.05) is 7.11 Å². The van der Waals surface area contributed by atoms with Crippen molar-refractivity contribution in [1.82, 2.24) is 4.98 Å². The second-order valence-electron chi connectivity index (χ2n) is 5.17. The number of para-hydroxylation sites is 1. The van der Waals surface area contributed by atoms with E-state index < -0.39 is 0 Å². The number of benzene rings is 3. The molecule has 2 heteroatoms. The van der Waals surface area contributed by atoms with Crippen LogP contribution in [-0.2, 0) is 0 Å². The molecule has 1 aromatic heterocycles. The zero-order valence-corrected chi connectivity index (χ0v) is 11.8. The van der Waals surface area contributed by atoms with Crippen LogP contribution in [0.1, 0.15) is 0 Å². The Balaban J connectivity index is 1.96. The molecule has 0 spiro atoms. The highest BCUT2D eigenvalue weighted by atomic mass is 16.5. The third kappa shape index (κ3) is 1.96. The normalized spacial score (nSPS) is 11.1.